The molecule has 64 valence electrons. The molecule has 1 aromatic heterocycles. The Morgan fingerprint density at radius 1 is 1.75 bits per heavy atom. The first-order valence-electron chi connectivity index (χ1n) is 4.14. The van der Waals surface area contributed by atoms with E-state index < -0.39 is 0 Å². The fourth-order valence-electron chi connectivity index (χ4n) is 1.26. The number of nitrogens with zero attached hydrogens (tertiary/aromatic N) is 1. The summed E-state index contributed by atoms with van der Waals surface area (Å²) >= 11 is 1.66. The predicted molar refractivity (Wildman–Crippen MR) is 52.2 cm³/mol. The standard InChI is InChI=1S/C9H12N2S/c1-6(4-10)9-8(7-2-3-7)11-5-12-9/h5,7H,1-4,10H2. The van der Waals surface area contributed by atoms with Crippen LogP contribution in [0.2, 0.25) is 0 Å². The molecule has 1 heterocycles. The van der Waals surface area contributed by atoms with Crippen LogP contribution in [0.5, 0.6) is 0 Å². The molecule has 1 fully saturated rings. The molecule has 2 rings (SSSR count). The van der Waals surface area contributed by atoms with Crippen LogP contribution in [0.3, 0.4) is 0 Å². The van der Waals surface area contributed by atoms with E-state index in [2.05, 4.69) is 11.6 Å². The third kappa shape index (κ3) is 1.30. The average molecular weight is 180 g/mol. The third-order valence-corrected chi connectivity index (χ3v) is 3.07. The molecule has 12 heavy (non-hydrogen) atoms. The molecule has 0 bridgehead atoms. The Balaban J connectivity index is 2.29. The Hall–Kier alpha value is -0.670. The van der Waals surface area contributed by atoms with Crippen LogP contribution in [-0.2, 0) is 0 Å². The lowest BCUT2D eigenvalue weighted by molar-refractivity contribution is 1.04. The second kappa shape index (κ2) is 2.99. The molecule has 2 nitrogen and oxygen atoms in total. The highest BCUT2D eigenvalue weighted by Crippen LogP contribution is 2.43. The van der Waals surface area contributed by atoms with Gasteiger partial charge in [-0.2, -0.15) is 0 Å². The summed E-state index contributed by atoms with van der Waals surface area (Å²) in [7, 11) is 0. The van der Waals surface area contributed by atoms with Crippen LogP contribution in [0, 0.1) is 0 Å². The van der Waals surface area contributed by atoms with Gasteiger partial charge >= 0.3 is 0 Å². The number of rotatable bonds is 3. The molecule has 0 spiro atoms. The largest absolute Gasteiger partial charge is 0.326 e. The van der Waals surface area contributed by atoms with Crippen molar-refractivity contribution >= 4 is 16.9 Å². The highest BCUT2D eigenvalue weighted by molar-refractivity contribution is 7.11. The maximum Gasteiger partial charge on any atom is 0.0801 e. The van der Waals surface area contributed by atoms with Gasteiger partial charge < -0.3 is 5.73 Å². The van der Waals surface area contributed by atoms with Gasteiger partial charge in [0.2, 0.25) is 0 Å². The van der Waals surface area contributed by atoms with E-state index in [9.17, 15) is 0 Å². The zero-order valence-corrected chi connectivity index (χ0v) is 7.73. The van der Waals surface area contributed by atoms with Gasteiger partial charge in [0.05, 0.1) is 16.1 Å². The van der Waals surface area contributed by atoms with Gasteiger partial charge in [0.25, 0.3) is 0 Å². The summed E-state index contributed by atoms with van der Waals surface area (Å²) in [6, 6.07) is 0. The van der Waals surface area contributed by atoms with E-state index in [1.807, 2.05) is 5.51 Å². The number of thiazole rings is 1. The number of aromatic nitrogens is 1. The second-order valence-electron chi connectivity index (χ2n) is 3.15. The Morgan fingerprint density at radius 2 is 2.50 bits per heavy atom. The highest BCUT2D eigenvalue weighted by atomic mass is 32.1. The van der Waals surface area contributed by atoms with Crippen LogP contribution in [0.25, 0.3) is 5.57 Å². The van der Waals surface area contributed by atoms with Gasteiger partial charge in [-0.1, -0.05) is 6.58 Å². The maximum atomic E-state index is 5.53. The van der Waals surface area contributed by atoms with Gasteiger partial charge in [0, 0.05) is 12.5 Å². The molecule has 1 saturated carbocycles. The summed E-state index contributed by atoms with van der Waals surface area (Å²) in [5.41, 5.74) is 9.68. The first-order valence-corrected chi connectivity index (χ1v) is 5.02. The summed E-state index contributed by atoms with van der Waals surface area (Å²) in [4.78, 5) is 5.57. The molecule has 2 N–H and O–H groups in total. The summed E-state index contributed by atoms with van der Waals surface area (Å²) in [5, 5.41) is 0. The van der Waals surface area contributed by atoms with Crippen molar-refractivity contribution in [3.63, 3.8) is 0 Å². The summed E-state index contributed by atoms with van der Waals surface area (Å²) < 4.78 is 0. The lowest BCUT2D eigenvalue weighted by atomic mass is 10.1. The fourth-order valence-corrected chi connectivity index (χ4v) is 2.12. The van der Waals surface area contributed by atoms with Crippen molar-refractivity contribution in [1.82, 2.24) is 4.98 Å². The highest BCUT2D eigenvalue weighted by Gasteiger charge is 2.28. The van der Waals surface area contributed by atoms with Crippen molar-refractivity contribution in [2.24, 2.45) is 5.73 Å². The lowest BCUT2D eigenvalue weighted by Crippen LogP contribution is -2.01. The number of nitrogens with two attached hydrogens (primary N) is 1. The smallest absolute Gasteiger partial charge is 0.0801 e. The Kier molecular flexibility index (Phi) is 1.98. The zero-order chi connectivity index (χ0) is 8.55. The van der Waals surface area contributed by atoms with Crippen LogP contribution < -0.4 is 5.73 Å². The number of hydrogen-bond acceptors (Lipinski definition) is 3. The molecule has 1 aromatic rings. The average Bonchev–Trinajstić information content (AvgIpc) is 2.83. The maximum absolute atomic E-state index is 5.53. The Labute approximate surface area is 76.1 Å². The van der Waals surface area contributed by atoms with E-state index in [4.69, 9.17) is 5.73 Å². The molecule has 1 aliphatic rings. The third-order valence-electron chi connectivity index (χ3n) is 2.13. The molecule has 0 aliphatic heterocycles. The van der Waals surface area contributed by atoms with Crippen molar-refractivity contribution in [2.45, 2.75) is 18.8 Å². The molecule has 0 aromatic carbocycles. The molecule has 0 amide bonds. The van der Waals surface area contributed by atoms with Gasteiger partial charge in [-0.15, -0.1) is 11.3 Å². The van der Waals surface area contributed by atoms with Crippen LogP contribution >= 0.6 is 11.3 Å². The van der Waals surface area contributed by atoms with Crippen molar-refractivity contribution in [1.29, 1.82) is 0 Å². The van der Waals surface area contributed by atoms with E-state index in [-0.39, 0.29) is 0 Å². The Morgan fingerprint density at radius 3 is 3.08 bits per heavy atom. The van der Waals surface area contributed by atoms with E-state index in [0.717, 1.165) is 5.57 Å². The molecule has 1 aliphatic carbocycles. The molecular formula is C9H12N2S. The van der Waals surface area contributed by atoms with Crippen molar-refractivity contribution < 1.29 is 0 Å². The molecular weight excluding hydrogens is 168 g/mol. The van der Waals surface area contributed by atoms with Crippen LogP contribution in [-0.4, -0.2) is 11.5 Å². The van der Waals surface area contributed by atoms with Crippen LogP contribution in [0.1, 0.15) is 29.3 Å². The monoisotopic (exact) mass is 180 g/mol. The zero-order valence-electron chi connectivity index (χ0n) is 6.92. The molecule has 0 saturated heterocycles. The topological polar surface area (TPSA) is 38.9 Å². The van der Waals surface area contributed by atoms with Crippen molar-refractivity contribution in [3.8, 4) is 0 Å². The number of hydrogen-bond donors (Lipinski definition) is 1. The van der Waals surface area contributed by atoms with Gasteiger partial charge in [-0.25, -0.2) is 4.98 Å². The van der Waals surface area contributed by atoms with Crippen molar-refractivity contribution in [3.05, 3.63) is 22.7 Å². The van der Waals surface area contributed by atoms with Crippen molar-refractivity contribution in [2.75, 3.05) is 6.54 Å². The minimum atomic E-state index is 0.544. The summed E-state index contributed by atoms with van der Waals surface area (Å²) in [6.45, 7) is 4.48. The van der Waals surface area contributed by atoms with Gasteiger partial charge in [-0.05, 0) is 18.4 Å². The van der Waals surface area contributed by atoms with Gasteiger partial charge in [0.1, 0.15) is 0 Å². The quantitative estimate of drug-likeness (QED) is 0.772. The second-order valence-corrected chi connectivity index (χ2v) is 4.00. The molecule has 3 heteroatoms. The summed E-state index contributed by atoms with van der Waals surface area (Å²) in [6.07, 6.45) is 2.57. The van der Waals surface area contributed by atoms with E-state index in [0.29, 0.717) is 12.5 Å². The molecule has 0 unspecified atom stereocenters. The fraction of sp³-hybridized carbons (Fsp3) is 0.444. The van der Waals surface area contributed by atoms with E-state index in [1.165, 1.54) is 23.4 Å². The molecule has 0 radical (unpaired) electrons. The summed E-state index contributed by atoms with van der Waals surface area (Å²) in [5.74, 6) is 0.703. The normalized spacial score (nSPS) is 16.4. The van der Waals surface area contributed by atoms with Crippen LogP contribution in [0.15, 0.2) is 12.1 Å². The van der Waals surface area contributed by atoms with E-state index in [1.54, 1.807) is 11.3 Å². The first-order chi connectivity index (χ1) is 5.83. The van der Waals surface area contributed by atoms with Gasteiger partial charge in [0.15, 0.2) is 0 Å². The van der Waals surface area contributed by atoms with Crippen LogP contribution in [0.4, 0.5) is 0 Å². The molecule has 0 atom stereocenters. The lowest BCUT2D eigenvalue weighted by Gasteiger charge is -2.00. The predicted octanol–water partition coefficient (Wildman–Crippen LogP) is 1.99. The minimum absolute atomic E-state index is 0.544. The Bertz CT molecular complexity index is 299. The van der Waals surface area contributed by atoms with E-state index >= 15 is 0 Å². The first kappa shape index (κ1) is 7.95. The minimum Gasteiger partial charge on any atom is -0.326 e. The SMILES string of the molecule is C=C(CN)c1scnc1C1CC1. The van der Waals surface area contributed by atoms with Gasteiger partial charge in [-0.3, -0.25) is 0 Å².